The van der Waals surface area contributed by atoms with Crippen LogP contribution in [0, 0.1) is 5.92 Å². The van der Waals surface area contributed by atoms with E-state index in [0.717, 1.165) is 23.1 Å². The first-order chi connectivity index (χ1) is 7.88. The Balaban J connectivity index is 1.81. The zero-order valence-electron chi connectivity index (χ0n) is 9.39. The van der Waals surface area contributed by atoms with Gasteiger partial charge in [-0.15, -0.1) is 11.3 Å². The van der Waals surface area contributed by atoms with E-state index in [1.54, 1.807) is 11.3 Å². The minimum Gasteiger partial charge on any atom is -0.360 e. The topological polar surface area (TPSA) is 20.3 Å². The zero-order chi connectivity index (χ0) is 11.0. The van der Waals surface area contributed by atoms with Crippen molar-refractivity contribution < 1.29 is 4.79 Å². The molecule has 0 radical (unpaired) electrons. The Morgan fingerprint density at radius 1 is 1.25 bits per heavy atom. The molecule has 86 valence electrons. The molecule has 3 heteroatoms. The predicted octanol–water partition coefficient (Wildman–Crippen LogP) is 3.33. The molecule has 0 bridgehead atoms. The predicted molar refractivity (Wildman–Crippen MR) is 67.4 cm³/mol. The van der Waals surface area contributed by atoms with Gasteiger partial charge in [-0.3, -0.25) is 4.79 Å². The first-order valence-corrected chi connectivity index (χ1v) is 7.02. The fourth-order valence-electron chi connectivity index (χ4n) is 3.24. The average molecular weight is 235 g/mol. The van der Waals surface area contributed by atoms with E-state index in [0.29, 0.717) is 0 Å². The molecular formula is C13H17NOS. The molecular weight excluding hydrogens is 218 g/mol. The molecule has 1 saturated carbocycles. The maximum Gasteiger partial charge on any atom is 0.160 e. The standard InChI is InChI=1S/C13H17NOS/c15-9-11-5-6-13(16-11)14-8-7-10-3-1-2-4-12(10)14/h5-6,9-10,12H,1-4,7-8H2. The van der Waals surface area contributed by atoms with Crippen molar-refractivity contribution in [2.45, 2.75) is 38.1 Å². The summed E-state index contributed by atoms with van der Waals surface area (Å²) in [6, 6.07) is 4.82. The van der Waals surface area contributed by atoms with E-state index >= 15 is 0 Å². The minimum absolute atomic E-state index is 0.756. The van der Waals surface area contributed by atoms with Crippen LogP contribution in [-0.2, 0) is 0 Å². The van der Waals surface area contributed by atoms with E-state index in [-0.39, 0.29) is 0 Å². The van der Waals surface area contributed by atoms with Crippen molar-refractivity contribution in [3.05, 3.63) is 17.0 Å². The highest BCUT2D eigenvalue weighted by Crippen LogP contribution is 2.40. The molecule has 2 nitrogen and oxygen atoms in total. The lowest BCUT2D eigenvalue weighted by Crippen LogP contribution is -2.34. The molecule has 0 aromatic carbocycles. The third kappa shape index (κ3) is 1.67. The lowest BCUT2D eigenvalue weighted by molar-refractivity contribution is 0.112. The Hall–Kier alpha value is -0.830. The highest BCUT2D eigenvalue weighted by Gasteiger charge is 2.36. The van der Waals surface area contributed by atoms with Crippen molar-refractivity contribution in [1.82, 2.24) is 0 Å². The molecule has 2 aliphatic rings. The second-order valence-electron chi connectivity index (χ2n) is 4.89. The van der Waals surface area contributed by atoms with Gasteiger partial charge in [0.1, 0.15) is 0 Å². The Kier molecular flexibility index (Phi) is 2.72. The van der Waals surface area contributed by atoms with Gasteiger partial charge in [-0.2, -0.15) is 0 Å². The number of hydrogen-bond acceptors (Lipinski definition) is 3. The number of carbonyl (C=O) groups excluding carboxylic acids is 1. The van der Waals surface area contributed by atoms with Crippen molar-refractivity contribution in [1.29, 1.82) is 0 Å². The molecule has 1 aromatic rings. The molecule has 1 aliphatic heterocycles. The summed E-state index contributed by atoms with van der Waals surface area (Å²) in [5, 5.41) is 1.30. The van der Waals surface area contributed by atoms with Gasteiger partial charge in [0.25, 0.3) is 0 Å². The van der Waals surface area contributed by atoms with Gasteiger partial charge < -0.3 is 4.90 Å². The summed E-state index contributed by atoms with van der Waals surface area (Å²) in [5.41, 5.74) is 0. The molecule has 2 atom stereocenters. The van der Waals surface area contributed by atoms with Crippen LogP contribution in [0.1, 0.15) is 41.8 Å². The second kappa shape index (κ2) is 4.21. The van der Waals surface area contributed by atoms with Crippen molar-refractivity contribution >= 4 is 22.6 Å². The number of nitrogens with zero attached hydrogens (tertiary/aromatic N) is 1. The van der Waals surface area contributed by atoms with Crippen LogP contribution < -0.4 is 4.90 Å². The Labute approximate surface area is 100 Å². The highest BCUT2D eigenvalue weighted by molar-refractivity contribution is 7.17. The van der Waals surface area contributed by atoms with Gasteiger partial charge in [-0.1, -0.05) is 12.8 Å². The van der Waals surface area contributed by atoms with Crippen LogP contribution in [0.5, 0.6) is 0 Å². The number of aldehydes is 1. The third-order valence-corrected chi connectivity index (χ3v) is 5.07. The monoisotopic (exact) mass is 235 g/mol. The number of thiophene rings is 1. The zero-order valence-corrected chi connectivity index (χ0v) is 10.2. The SMILES string of the molecule is O=Cc1ccc(N2CCC3CCCCC32)s1. The van der Waals surface area contributed by atoms with Crippen LogP contribution in [0.15, 0.2) is 12.1 Å². The molecule has 2 fully saturated rings. The maximum atomic E-state index is 10.7. The summed E-state index contributed by atoms with van der Waals surface area (Å²) >= 11 is 1.64. The van der Waals surface area contributed by atoms with E-state index in [1.807, 2.05) is 6.07 Å². The van der Waals surface area contributed by atoms with Gasteiger partial charge in [0, 0.05) is 12.6 Å². The van der Waals surface area contributed by atoms with Crippen LogP contribution in [0.4, 0.5) is 5.00 Å². The smallest absolute Gasteiger partial charge is 0.160 e. The fraction of sp³-hybridized carbons (Fsp3) is 0.615. The summed E-state index contributed by atoms with van der Waals surface area (Å²) in [7, 11) is 0. The van der Waals surface area contributed by atoms with E-state index in [1.165, 1.54) is 43.6 Å². The second-order valence-corrected chi connectivity index (χ2v) is 5.98. The largest absolute Gasteiger partial charge is 0.360 e. The van der Waals surface area contributed by atoms with Crippen LogP contribution >= 0.6 is 11.3 Å². The van der Waals surface area contributed by atoms with Gasteiger partial charge in [-0.25, -0.2) is 0 Å². The highest BCUT2D eigenvalue weighted by atomic mass is 32.1. The Morgan fingerprint density at radius 3 is 2.94 bits per heavy atom. The Morgan fingerprint density at radius 2 is 2.12 bits per heavy atom. The fourth-order valence-corrected chi connectivity index (χ4v) is 4.15. The summed E-state index contributed by atoms with van der Waals surface area (Å²) in [6.45, 7) is 1.19. The van der Waals surface area contributed by atoms with Crippen molar-refractivity contribution in [3.8, 4) is 0 Å². The van der Waals surface area contributed by atoms with Crippen LogP contribution in [0.25, 0.3) is 0 Å². The van der Waals surface area contributed by atoms with Gasteiger partial charge in [0.05, 0.1) is 9.88 Å². The van der Waals surface area contributed by atoms with E-state index in [2.05, 4.69) is 11.0 Å². The summed E-state index contributed by atoms with van der Waals surface area (Å²) < 4.78 is 0. The summed E-state index contributed by atoms with van der Waals surface area (Å²) in [6.07, 6.45) is 7.86. The van der Waals surface area contributed by atoms with Gasteiger partial charge in [0.15, 0.2) is 6.29 Å². The third-order valence-electron chi connectivity index (χ3n) is 4.02. The van der Waals surface area contributed by atoms with Gasteiger partial charge in [0.2, 0.25) is 0 Å². The van der Waals surface area contributed by atoms with E-state index < -0.39 is 0 Å². The van der Waals surface area contributed by atoms with Crippen molar-refractivity contribution in [2.24, 2.45) is 5.92 Å². The molecule has 16 heavy (non-hydrogen) atoms. The number of anilines is 1. The Bertz CT molecular complexity index is 387. The summed E-state index contributed by atoms with van der Waals surface area (Å²) in [5.74, 6) is 0.913. The lowest BCUT2D eigenvalue weighted by Gasteiger charge is -2.32. The number of fused-ring (bicyclic) bond motifs is 1. The van der Waals surface area contributed by atoms with Gasteiger partial charge in [-0.05, 0) is 37.3 Å². The maximum absolute atomic E-state index is 10.7. The molecule has 2 heterocycles. The number of rotatable bonds is 2. The van der Waals surface area contributed by atoms with Gasteiger partial charge >= 0.3 is 0 Å². The molecule has 0 N–H and O–H groups in total. The first-order valence-electron chi connectivity index (χ1n) is 6.20. The quantitative estimate of drug-likeness (QED) is 0.733. The van der Waals surface area contributed by atoms with Crippen molar-refractivity contribution in [2.75, 3.05) is 11.4 Å². The number of hydrogen-bond donors (Lipinski definition) is 0. The lowest BCUT2D eigenvalue weighted by atomic mass is 9.85. The van der Waals surface area contributed by atoms with E-state index in [9.17, 15) is 4.79 Å². The molecule has 1 aromatic heterocycles. The first kappa shape index (κ1) is 10.3. The minimum atomic E-state index is 0.756. The molecule has 2 unspecified atom stereocenters. The number of carbonyl (C=O) groups is 1. The van der Waals surface area contributed by atoms with Crippen LogP contribution in [0.3, 0.4) is 0 Å². The molecule has 1 aliphatic carbocycles. The normalized spacial score (nSPS) is 29.1. The summed E-state index contributed by atoms with van der Waals surface area (Å²) in [4.78, 5) is 14.1. The molecule has 0 amide bonds. The van der Waals surface area contributed by atoms with Crippen LogP contribution in [-0.4, -0.2) is 18.9 Å². The average Bonchev–Trinajstić information content (AvgIpc) is 2.94. The molecule has 0 spiro atoms. The molecule has 1 saturated heterocycles. The van der Waals surface area contributed by atoms with Crippen LogP contribution in [0.2, 0.25) is 0 Å². The molecule has 3 rings (SSSR count). The van der Waals surface area contributed by atoms with E-state index in [4.69, 9.17) is 0 Å². The van der Waals surface area contributed by atoms with Crippen molar-refractivity contribution in [3.63, 3.8) is 0 Å².